The molecule has 0 saturated heterocycles. The van der Waals surface area contributed by atoms with Gasteiger partial charge in [-0.25, -0.2) is 0 Å². The van der Waals surface area contributed by atoms with E-state index < -0.39 is 0 Å². The molecule has 4 heteroatoms. The van der Waals surface area contributed by atoms with Crippen LogP contribution in [0.25, 0.3) is 0 Å². The van der Waals surface area contributed by atoms with Gasteiger partial charge < -0.3 is 11.1 Å². The minimum atomic E-state index is -0.151. The number of pyridine rings is 1. The van der Waals surface area contributed by atoms with Crippen LogP contribution in [-0.2, 0) is 6.54 Å². The lowest BCUT2D eigenvalue weighted by Crippen LogP contribution is -2.24. The molecule has 1 heterocycles. The van der Waals surface area contributed by atoms with Crippen LogP contribution in [0.4, 0.5) is 0 Å². The summed E-state index contributed by atoms with van der Waals surface area (Å²) in [5.41, 5.74) is 6.67. The zero-order valence-electron chi connectivity index (χ0n) is 8.36. The first kappa shape index (κ1) is 11.2. The molecule has 0 aliphatic carbocycles. The topological polar surface area (TPSA) is 68.0 Å². The molecule has 3 N–H and O–H groups in total. The zero-order chi connectivity index (χ0) is 11.1. The van der Waals surface area contributed by atoms with Gasteiger partial charge in [-0.2, -0.15) is 0 Å². The fraction of sp³-hybridized carbons (Fsp3) is 0.273. The van der Waals surface area contributed by atoms with E-state index in [9.17, 15) is 4.79 Å². The summed E-state index contributed by atoms with van der Waals surface area (Å²) in [6.45, 7) is 0.807. The Morgan fingerprint density at radius 2 is 2.47 bits per heavy atom. The Morgan fingerprint density at radius 3 is 3.13 bits per heavy atom. The van der Waals surface area contributed by atoms with Crippen molar-refractivity contribution in [2.24, 2.45) is 5.73 Å². The number of nitrogens with one attached hydrogen (secondary N) is 1. The van der Waals surface area contributed by atoms with E-state index in [1.165, 1.54) is 0 Å². The minimum Gasteiger partial charge on any atom is -0.351 e. The van der Waals surface area contributed by atoms with E-state index in [-0.39, 0.29) is 5.91 Å². The molecule has 1 rings (SSSR count). The van der Waals surface area contributed by atoms with Crippen LogP contribution in [0.3, 0.4) is 0 Å². The number of nitrogens with zero attached hydrogens (tertiary/aromatic N) is 1. The number of rotatable bonds is 4. The van der Waals surface area contributed by atoms with E-state index >= 15 is 0 Å². The minimum absolute atomic E-state index is 0.151. The number of carbonyl (C=O) groups excluding carboxylic acids is 1. The Kier molecular flexibility index (Phi) is 4.32. The summed E-state index contributed by atoms with van der Waals surface area (Å²) in [7, 11) is 0. The highest BCUT2D eigenvalue weighted by molar-refractivity contribution is 5.94. The molecule has 0 aromatic carbocycles. The summed E-state index contributed by atoms with van der Waals surface area (Å²) in [6, 6.07) is 3.32. The normalized spacial score (nSPS) is 9.33. The predicted molar refractivity (Wildman–Crippen MR) is 57.9 cm³/mol. The van der Waals surface area contributed by atoms with Crippen LogP contribution in [0.15, 0.2) is 18.3 Å². The van der Waals surface area contributed by atoms with Gasteiger partial charge in [0.2, 0.25) is 0 Å². The zero-order valence-corrected chi connectivity index (χ0v) is 8.36. The Morgan fingerprint density at radius 1 is 1.67 bits per heavy atom. The van der Waals surface area contributed by atoms with Crippen LogP contribution in [0, 0.1) is 12.3 Å². The molecule has 1 aromatic rings. The molecule has 1 amide bonds. The Labute approximate surface area is 88.9 Å². The molecule has 15 heavy (non-hydrogen) atoms. The van der Waals surface area contributed by atoms with Gasteiger partial charge in [0, 0.05) is 31.3 Å². The third kappa shape index (κ3) is 3.41. The fourth-order valence-corrected chi connectivity index (χ4v) is 1.08. The molecule has 1 aromatic heterocycles. The maximum Gasteiger partial charge on any atom is 0.251 e. The molecule has 0 aliphatic heterocycles. The molecule has 78 valence electrons. The van der Waals surface area contributed by atoms with Gasteiger partial charge in [0.25, 0.3) is 5.91 Å². The smallest absolute Gasteiger partial charge is 0.251 e. The number of terminal acetylenes is 1. The van der Waals surface area contributed by atoms with Crippen LogP contribution in [0.2, 0.25) is 0 Å². The Bertz CT molecular complexity index is 382. The Hall–Kier alpha value is -1.86. The van der Waals surface area contributed by atoms with Crippen molar-refractivity contribution in [2.75, 3.05) is 6.54 Å². The van der Waals surface area contributed by atoms with Crippen molar-refractivity contribution >= 4 is 5.91 Å². The monoisotopic (exact) mass is 203 g/mol. The van der Waals surface area contributed by atoms with Crippen molar-refractivity contribution in [1.29, 1.82) is 0 Å². The first-order valence-electron chi connectivity index (χ1n) is 4.64. The van der Waals surface area contributed by atoms with Crippen LogP contribution < -0.4 is 11.1 Å². The quantitative estimate of drug-likeness (QED) is 0.546. The molecule has 0 spiro atoms. The number of hydrogen-bond donors (Lipinski definition) is 2. The average molecular weight is 203 g/mol. The third-order valence-corrected chi connectivity index (χ3v) is 1.84. The van der Waals surface area contributed by atoms with Crippen molar-refractivity contribution in [3.63, 3.8) is 0 Å². The van der Waals surface area contributed by atoms with Gasteiger partial charge in [0.15, 0.2) is 0 Å². The molecule has 0 radical (unpaired) electrons. The molecule has 0 aliphatic rings. The summed E-state index contributed by atoms with van der Waals surface area (Å²) < 4.78 is 0. The molecule has 0 saturated carbocycles. The van der Waals surface area contributed by atoms with Gasteiger partial charge >= 0.3 is 0 Å². The Balaban J connectivity index is 2.61. The lowest BCUT2D eigenvalue weighted by molar-refractivity contribution is 0.0954. The van der Waals surface area contributed by atoms with E-state index in [0.29, 0.717) is 30.8 Å². The predicted octanol–water partition coefficient (Wildman–Crippen LogP) is 0.293. The van der Waals surface area contributed by atoms with E-state index in [1.807, 2.05) is 0 Å². The van der Waals surface area contributed by atoms with Crippen molar-refractivity contribution in [3.8, 4) is 12.3 Å². The van der Waals surface area contributed by atoms with E-state index in [2.05, 4.69) is 16.2 Å². The molecular formula is C11H13N3O. The lowest BCUT2D eigenvalue weighted by Gasteiger charge is -2.03. The van der Waals surface area contributed by atoms with Crippen molar-refractivity contribution in [3.05, 3.63) is 29.6 Å². The highest BCUT2D eigenvalue weighted by Gasteiger charge is 2.04. The lowest BCUT2D eigenvalue weighted by atomic mass is 10.2. The maximum absolute atomic E-state index is 11.5. The van der Waals surface area contributed by atoms with E-state index in [0.717, 1.165) is 0 Å². The summed E-state index contributed by atoms with van der Waals surface area (Å²) in [5, 5.41) is 2.70. The summed E-state index contributed by atoms with van der Waals surface area (Å²) in [5.74, 6) is 2.30. The van der Waals surface area contributed by atoms with Gasteiger partial charge in [-0.05, 0) is 12.1 Å². The third-order valence-electron chi connectivity index (χ3n) is 1.84. The highest BCUT2D eigenvalue weighted by atomic mass is 16.1. The summed E-state index contributed by atoms with van der Waals surface area (Å²) in [6.07, 6.45) is 7.17. The number of nitrogens with two attached hydrogens (primary N) is 1. The fourth-order valence-electron chi connectivity index (χ4n) is 1.08. The average Bonchev–Trinajstić information content (AvgIpc) is 2.29. The van der Waals surface area contributed by atoms with Crippen LogP contribution in [-0.4, -0.2) is 17.4 Å². The van der Waals surface area contributed by atoms with E-state index in [1.54, 1.807) is 18.3 Å². The first-order valence-corrected chi connectivity index (χ1v) is 4.64. The highest BCUT2D eigenvalue weighted by Crippen LogP contribution is 2.00. The maximum atomic E-state index is 11.5. The second kappa shape index (κ2) is 5.78. The SMILES string of the molecule is C#CCCNC(=O)c1ccnc(CN)c1. The van der Waals surface area contributed by atoms with Crippen LogP contribution in [0.5, 0.6) is 0 Å². The molecule has 0 fully saturated rings. The van der Waals surface area contributed by atoms with Crippen molar-refractivity contribution in [2.45, 2.75) is 13.0 Å². The number of amides is 1. The molecule has 0 bridgehead atoms. The van der Waals surface area contributed by atoms with Gasteiger partial charge in [-0.1, -0.05) is 0 Å². The standard InChI is InChI=1S/C11H13N3O/c1-2-3-5-14-11(15)9-4-6-13-10(7-9)8-12/h1,4,6-7H,3,5,8,12H2,(H,14,15). The van der Waals surface area contributed by atoms with E-state index in [4.69, 9.17) is 12.2 Å². The number of aromatic nitrogens is 1. The van der Waals surface area contributed by atoms with Crippen LogP contribution >= 0.6 is 0 Å². The van der Waals surface area contributed by atoms with Crippen molar-refractivity contribution < 1.29 is 4.79 Å². The second-order valence-electron chi connectivity index (χ2n) is 2.95. The van der Waals surface area contributed by atoms with Crippen molar-refractivity contribution in [1.82, 2.24) is 10.3 Å². The van der Waals surface area contributed by atoms with Crippen LogP contribution in [0.1, 0.15) is 22.5 Å². The van der Waals surface area contributed by atoms with Gasteiger partial charge in [-0.15, -0.1) is 12.3 Å². The number of hydrogen-bond acceptors (Lipinski definition) is 3. The largest absolute Gasteiger partial charge is 0.351 e. The summed E-state index contributed by atoms with van der Waals surface area (Å²) >= 11 is 0. The molecular weight excluding hydrogens is 190 g/mol. The molecule has 0 atom stereocenters. The first-order chi connectivity index (χ1) is 7.27. The van der Waals surface area contributed by atoms with Gasteiger partial charge in [0.1, 0.15) is 0 Å². The summed E-state index contributed by atoms with van der Waals surface area (Å²) in [4.78, 5) is 15.5. The second-order valence-corrected chi connectivity index (χ2v) is 2.95. The number of carbonyl (C=O) groups is 1. The van der Waals surface area contributed by atoms with Gasteiger partial charge in [0.05, 0.1) is 5.69 Å². The molecule has 4 nitrogen and oxygen atoms in total. The molecule has 0 unspecified atom stereocenters. The van der Waals surface area contributed by atoms with Gasteiger partial charge in [-0.3, -0.25) is 9.78 Å².